The number of benzene rings is 1. The van der Waals surface area contributed by atoms with Crippen LogP contribution in [-0.2, 0) is 13.2 Å². The molecule has 2 N–H and O–H groups in total. The van der Waals surface area contributed by atoms with E-state index in [4.69, 9.17) is 15.7 Å². The topological polar surface area (TPSA) is 89.8 Å². The van der Waals surface area contributed by atoms with Crippen molar-refractivity contribution >= 4 is 28.3 Å². The Morgan fingerprint density at radius 2 is 2.30 bits per heavy atom. The van der Waals surface area contributed by atoms with E-state index in [9.17, 15) is 0 Å². The van der Waals surface area contributed by atoms with Gasteiger partial charge in [-0.15, -0.1) is 0 Å². The molecule has 104 valence electrons. The number of aryl methyl sites for hydroxylation is 1. The van der Waals surface area contributed by atoms with Gasteiger partial charge in [-0.1, -0.05) is 6.92 Å². The number of nitrogens with two attached hydrogens (primary N) is 1. The van der Waals surface area contributed by atoms with Crippen LogP contribution >= 0.6 is 22.6 Å². The van der Waals surface area contributed by atoms with Crippen LogP contribution < -0.4 is 10.5 Å². The fraction of sp³-hybridized carbons (Fsp3) is 0.308. The first-order chi connectivity index (χ1) is 9.65. The lowest BCUT2D eigenvalue weighted by Crippen LogP contribution is -2.09. The number of nitrogen functional groups attached to an aromatic ring is 1. The van der Waals surface area contributed by atoms with Crippen LogP contribution in [0.1, 0.15) is 24.7 Å². The Kier molecular flexibility index (Phi) is 4.79. The highest BCUT2D eigenvalue weighted by Gasteiger charge is 2.11. The second-order valence-electron chi connectivity index (χ2n) is 4.18. The maximum atomic E-state index is 8.88. The lowest BCUT2D eigenvalue weighted by atomic mass is 10.2. The van der Waals surface area contributed by atoms with Gasteiger partial charge in [0.2, 0.25) is 0 Å². The third-order valence-electron chi connectivity index (χ3n) is 2.68. The SMILES string of the molecule is CCCn1ncnc1COc1c(N)cc(C#N)cc1I. The van der Waals surface area contributed by atoms with Gasteiger partial charge in [-0.05, 0) is 41.1 Å². The zero-order chi connectivity index (χ0) is 14.5. The van der Waals surface area contributed by atoms with Crippen LogP contribution in [-0.4, -0.2) is 14.8 Å². The predicted octanol–water partition coefficient (Wildman–Crippen LogP) is 2.33. The highest BCUT2D eigenvalue weighted by Crippen LogP contribution is 2.30. The molecule has 1 heterocycles. The number of halogens is 1. The third kappa shape index (κ3) is 3.19. The molecule has 0 aliphatic rings. The van der Waals surface area contributed by atoms with Crippen molar-refractivity contribution in [2.24, 2.45) is 0 Å². The molecule has 0 aliphatic carbocycles. The van der Waals surface area contributed by atoms with Crippen molar-refractivity contribution < 1.29 is 4.74 Å². The monoisotopic (exact) mass is 383 g/mol. The molecule has 6 nitrogen and oxygen atoms in total. The summed E-state index contributed by atoms with van der Waals surface area (Å²) >= 11 is 2.10. The minimum Gasteiger partial charge on any atom is -0.482 e. The lowest BCUT2D eigenvalue weighted by molar-refractivity contribution is 0.286. The van der Waals surface area contributed by atoms with E-state index in [1.165, 1.54) is 6.33 Å². The molecule has 2 rings (SSSR count). The van der Waals surface area contributed by atoms with Crippen LogP contribution in [0.3, 0.4) is 0 Å². The van der Waals surface area contributed by atoms with Gasteiger partial charge in [-0.25, -0.2) is 9.67 Å². The third-order valence-corrected chi connectivity index (χ3v) is 3.48. The standard InChI is InChI=1S/C13H14IN5O/c1-2-3-19-12(17-8-18-19)7-20-13-10(14)4-9(6-15)5-11(13)16/h4-5,8H,2-3,7,16H2,1H3. The first-order valence-electron chi connectivity index (χ1n) is 6.14. The summed E-state index contributed by atoms with van der Waals surface area (Å²) in [5, 5.41) is 13.0. The summed E-state index contributed by atoms with van der Waals surface area (Å²) in [5.74, 6) is 1.34. The van der Waals surface area contributed by atoms with Crippen molar-refractivity contribution in [2.75, 3.05) is 5.73 Å². The van der Waals surface area contributed by atoms with E-state index in [1.54, 1.807) is 12.1 Å². The van der Waals surface area contributed by atoms with Gasteiger partial charge in [0, 0.05) is 6.54 Å². The molecule has 0 aliphatic heterocycles. The van der Waals surface area contributed by atoms with Crippen LogP contribution in [0.15, 0.2) is 18.5 Å². The fourth-order valence-corrected chi connectivity index (χ4v) is 2.57. The zero-order valence-corrected chi connectivity index (χ0v) is 13.2. The summed E-state index contributed by atoms with van der Waals surface area (Å²) in [4.78, 5) is 4.17. The largest absolute Gasteiger partial charge is 0.482 e. The molecule has 0 spiro atoms. The summed E-state index contributed by atoms with van der Waals surface area (Å²) in [7, 11) is 0. The number of anilines is 1. The van der Waals surface area contributed by atoms with Crippen LogP contribution in [0.2, 0.25) is 0 Å². The van der Waals surface area contributed by atoms with E-state index in [-0.39, 0.29) is 0 Å². The molecule has 0 saturated heterocycles. The smallest absolute Gasteiger partial charge is 0.164 e. The molecule has 2 aromatic rings. The van der Waals surface area contributed by atoms with E-state index in [0.717, 1.165) is 22.4 Å². The number of nitrogens with zero attached hydrogens (tertiary/aromatic N) is 4. The van der Waals surface area contributed by atoms with Gasteiger partial charge in [0.05, 0.1) is 20.9 Å². The molecule has 7 heteroatoms. The average molecular weight is 383 g/mol. The molecular weight excluding hydrogens is 369 g/mol. The maximum Gasteiger partial charge on any atom is 0.164 e. The minimum absolute atomic E-state index is 0.298. The molecule has 20 heavy (non-hydrogen) atoms. The number of aromatic nitrogens is 3. The molecule has 0 radical (unpaired) electrons. The molecule has 1 aromatic heterocycles. The molecule has 0 fully saturated rings. The van der Waals surface area contributed by atoms with Crippen LogP contribution in [0.25, 0.3) is 0 Å². The van der Waals surface area contributed by atoms with E-state index in [0.29, 0.717) is 23.6 Å². The summed E-state index contributed by atoms with van der Waals surface area (Å²) in [5.41, 5.74) is 6.89. The first-order valence-corrected chi connectivity index (χ1v) is 7.22. The Morgan fingerprint density at radius 3 is 2.95 bits per heavy atom. The quantitative estimate of drug-likeness (QED) is 0.632. The first kappa shape index (κ1) is 14.6. The van der Waals surface area contributed by atoms with Crippen LogP contribution in [0, 0.1) is 14.9 Å². The second kappa shape index (κ2) is 6.56. The second-order valence-corrected chi connectivity index (χ2v) is 5.34. The molecule has 0 unspecified atom stereocenters. The minimum atomic E-state index is 0.298. The van der Waals surface area contributed by atoms with E-state index < -0.39 is 0 Å². The Labute approximate surface area is 130 Å². The number of hydrogen-bond acceptors (Lipinski definition) is 5. The van der Waals surface area contributed by atoms with Crippen LogP contribution in [0.4, 0.5) is 5.69 Å². The van der Waals surface area contributed by atoms with Crippen molar-refractivity contribution in [1.82, 2.24) is 14.8 Å². The maximum absolute atomic E-state index is 8.88. The van der Waals surface area contributed by atoms with Gasteiger partial charge >= 0.3 is 0 Å². The van der Waals surface area contributed by atoms with Crippen molar-refractivity contribution in [3.05, 3.63) is 33.4 Å². The zero-order valence-electron chi connectivity index (χ0n) is 11.0. The number of ether oxygens (including phenoxy) is 1. The highest BCUT2D eigenvalue weighted by molar-refractivity contribution is 14.1. The molecule has 0 amide bonds. The highest BCUT2D eigenvalue weighted by atomic mass is 127. The van der Waals surface area contributed by atoms with Gasteiger partial charge < -0.3 is 10.5 Å². The normalized spacial score (nSPS) is 10.2. The number of rotatable bonds is 5. The van der Waals surface area contributed by atoms with Gasteiger partial charge in [-0.3, -0.25) is 0 Å². The van der Waals surface area contributed by atoms with Gasteiger partial charge in [0.25, 0.3) is 0 Å². The summed E-state index contributed by atoms with van der Waals surface area (Å²) < 4.78 is 8.35. The Morgan fingerprint density at radius 1 is 1.50 bits per heavy atom. The molecule has 0 atom stereocenters. The van der Waals surface area contributed by atoms with Crippen molar-refractivity contribution in [1.29, 1.82) is 5.26 Å². The molecule has 0 bridgehead atoms. The van der Waals surface area contributed by atoms with Crippen molar-refractivity contribution in [2.45, 2.75) is 26.5 Å². The Balaban J connectivity index is 2.15. The van der Waals surface area contributed by atoms with Gasteiger partial charge in [0.15, 0.2) is 11.6 Å². The summed E-state index contributed by atoms with van der Waals surface area (Å²) in [6.45, 7) is 3.18. The van der Waals surface area contributed by atoms with E-state index in [2.05, 4.69) is 45.7 Å². The predicted molar refractivity (Wildman–Crippen MR) is 82.9 cm³/mol. The Hall–Kier alpha value is -1.82. The molecule has 0 saturated carbocycles. The number of hydrogen-bond donors (Lipinski definition) is 1. The summed E-state index contributed by atoms with van der Waals surface area (Å²) in [6, 6.07) is 5.41. The lowest BCUT2D eigenvalue weighted by Gasteiger charge is -2.11. The average Bonchev–Trinajstić information content (AvgIpc) is 2.85. The summed E-state index contributed by atoms with van der Waals surface area (Å²) in [6.07, 6.45) is 2.49. The van der Waals surface area contributed by atoms with E-state index >= 15 is 0 Å². The molecular formula is C13H14IN5O. The number of nitriles is 1. The molecule has 1 aromatic carbocycles. The van der Waals surface area contributed by atoms with Crippen molar-refractivity contribution in [3.8, 4) is 11.8 Å². The van der Waals surface area contributed by atoms with Gasteiger partial charge in [0.1, 0.15) is 12.9 Å². The Bertz CT molecular complexity index is 623. The van der Waals surface area contributed by atoms with E-state index in [1.807, 2.05) is 4.68 Å². The van der Waals surface area contributed by atoms with Crippen LogP contribution in [0.5, 0.6) is 5.75 Å². The fourth-order valence-electron chi connectivity index (χ4n) is 1.77. The van der Waals surface area contributed by atoms with Crippen molar-refractivity contribution in [3.63, 3.8) is 0 Å². The van der Waals surface area contributed by atoms with Gasteiger partial charge in [-0.2, -0.15) is 10.4 Å².